The molecular formula is C10H6F3N3O4. The van der Waals surface area contributed by atoms with E-state index in [0.717, 1.165) is 24.3 Å². The van der Waals surface area contributed by atoms with E-state index < -0.39 is 22.6 Å². The lowest BCUT2D eigenvalue weighted by molar-refractivity contribution is -0.384. The molecule has 0 radical (unpaired) electrons. The molecule has 1 aromatic rings. The molecule has 0 saturated carbocycles. The molecule has 20 heavy (non-hydrogen) atoms. The Morgan fingerprint density at radius 2 is 1.85 bits per heavy atom. The molecule has 0 spiro atoms. The van der Waals surface area contributed by atoms with Crippen molar-refractivity contribution in [2.75, 3.05) is 0 Å². The third-order valence-electron chi connectivity index (χ3n) is 1.95. The maximum Gasteiger partial charge on any atom is 0.456 e. The van der Waals surface area contributed by atoms with Crippen LogP contribution in [0, 0.1) is 10.1 Å². The number of aliphatic hydroxyl groups is 1. The maximum atomic E-state index is 12.1. The average molecular weight is 289 g/mol. The second-order valence-electron chi connectivity index (χ2n) is 3.31. The first-order valence-corrected chi connectivity index (χ1v) is 4.88. The number of rotatable bonds is 4. The molecule has 0 aliphatic heterocycles. The Balaban J connectivity index is 2.91. The summed E-state index contributed by atoms with van der Waals surface area (Å²) in [5.41, 5.74) is -1.56. The van der Waals surface area contributed by atoms with Crippen LogP contribution in [0.2, 0.25) is 0 Å². The normalized spacial score (nSPS) is 12.7. The predicted octanol–water partition coefficient (Wildman–Crippen LogP) is 3.21. The van der Waals surface area contributed by atoms with Crippen molar-refractivity contribution in [2.45, 2.75) is 6.18 Å². The summed E-state index contributed by atoms with van der Waals surface area (Å²) in [6.45, 7) is 0. The third-order valence-corrected chi connectivity index (χ3v) is 1.95. The summed E-state index contributed by atoms with van der Waals surface area (Å²) in [6, 6.07) is 4.36. The van der Waals surface area contributed by atoms with Crippen molar-refractivity contribution in [1.82, 2.24) is 0 Å². The van der Waals surface area contributed by atoms with Crippen molar-refractivity contribution >= 4 is 17.2 Å². The molecule has 0 unspecified atom stereocenters. The minimum atomic E-state index is -5.19. The van der Waals surface area contributed by atoms with Crippen molar-refractivity contribution in [3.8, 4) is 0 Å². The number of hydrogen-bond acceptors (Lipinski definition) is 6. The lowest BCUT2D eigenvalue weighted by Gasteiger charge is -2.02. The van der Waals surface area contributed by atoms with Crippen LogP contribution in [0.3, 0.4) is 0 Å². The van der Waals surface area contributed by atoms with Crippen LogP contribution in [0.25, 0.3) is 0 Å². The number of non-ortho nitro benzene ring substituents is 1. The summed E-state index contributed by atoms with van der Waals surface area (Å²) in [5, 5.41) is 25.1. The van der Waals surface area contributed by atoms with Gasteiger partial charge in [0.1, 0.15) is 6.26 Å². The van der Waals surface area contributed by atoms with Crippen LogP contribution in [0.1, 0.15) is 0 Å². The summed E-state index contributed by atoms with van der Waals surface area (Å²) in [6.07, 6.45) is -5.31. The molecule has 0 saturated heterocycles. The Hall–Kier alpha value is -2.78. The van der Waals surface area contributed by atoms with Crippen LogP contribution in [-0.2, 0) is 4.79 Å². The molecule has 7 nitrogen and oxygen atoms in total. The molecular weight excluding hydrogens is 283 g/mol. The fourth-order valence-corrected chi connectivity index (χ4v) is 1.03. The molecule has 0 heterocycles. The quantitative estimate of drug-likeness (QED) is 0.302. The number of carbonyl (C=O) groups excluding carboxylic acids is 1. The second kappa shape index (κ2) is 5.91. The summed E-state index contributed by atoms with van der Waals surface area (Å²) < 4.78 is 36.2. The lowest BCUT2D eigenvalue weighted by atomic mass is 10.3. The largest absolute Gasteiger partial charge is 0.513 e. The monoisotopic (exact) mass is 289 g/mol. The van der Waals surface area contributed by atoms with Gasteiger partial charge in [-0.25, -0.2) is 0 Å². The number of allylic oxidation sites excluding steroid dienone is 1. The summed E-state index contributed by atoms with van der Waals surface area (Å²) in [7, 11) is 0. The molecule has 0 amide bonds. The van der Waals surface area contributed by atoms with Gasteiger partial charge in [-0.15, -0.1) is 5.11 Å². The van der Waals surface area contributed by atoms with Gasteiger partial charge in [-0.3, -0.25) is 14.9 Å². The van der Waals surface area contributed by atoms with Gasteiger partial charge in [0.05, 0.1) is 10.6 Å². The number of alkyl halides is 3. The first-order chi connectivity index (χ1) is 9.25. The van der Waals surface area contributed by atoms with Crippen LogP contribution >= 0.6 is 0 Å². The maximum absolute atomic E-state index is 12.1. The molecule has 0 aliphatic carbocycles. The van der Waals surface area contributed by atoms with Gasteiger partial charge in [-0.2, -0.15) is 18.3 Å². The van der Waals surface area contributed by atoms with Gasteiger partial charge in [0, 0.05) is 12.1 Å². The molecule has 10 heteroatoms. The molecule has 1 N–H and O–H groups in total. The average Bonchev–Trinajstić information content (AvgIpc) is 2.38. The van der Waals surface area contributed by atoms with E-state index in [1.807, 2.05) is 0 Å². The van der Waals surface area contributed by atoms with E-state index in [-0.39, 0.29) is 17.6 Å². The first-order valence-electron chi connectivity index (χ1n) is 4.88. The Kier molecular flexibility index (Phi) is 4.51. The molecule has 1 rings (SSSR count). The zero-order valence-electron chi connectivity index (χ0n) is 9.53. The van der Waals surface area contributed by atoms with Crippen molar-refractivity contribution in [3.63, 3.8) is 0 Å². The van der Waals surface area contributed by atoms with Gasteiger partial charge in [0.25, 0.3) is 11.5 Å². The molecule has 0 aliphatic rings. The standard InChI is InChI=1S/C10H6F3N3O4/c11-10(12,13)9(18)8(5-17)15-14-6-1-3-7(4-2-6)16(19)20/h1-5,17H/b8-5+,15-14?. The summed E-state index contributed by atoms with van der Waals surface area (Å²) in [5.74, 6) is -2.36. The first kappa shape index (κ1) is 15.3. The molecule has 0 aromatic heterocycles. The Morgan fingerprint density at radius 3 is 2.25 bits per heavy atom. The number of aliphatic hydroxyl groups excluding tert-OH is 1. The van der Waals surface area contributed by atoms with Crippen molar-refractivity contribution in [1.29, 1.82) is 0 Å². The summed E-state index contributed by atoms with van der Waals surface area (Å²) in [4.78, 5) is 20.5. The highest BCUT2D eigenvalue weighted by Gasteiger charge is 2.41. The van der Waals surface area contributed by atoms with Gasteiger partial charge in [-0.05, 0) is 12.1 Å². The molecule has 0 bridgehead atoms. The van der Waals surface area contributed by atoms with E-state index in [2.05, 4.69) is 10.2 Å². The number of carbonyl (C=O) groups is 1. The van der Waals surface area contributed by atoms with E-state index in [1.54, 1.807) is 0 Å². The van der Waals surface area contributed by atoms with Crippen LogP contribution in [-0.4, -0.2) is 22.0 Å². The smallest absolute Gasteiger partial charge is 0.456 e. The van der Waals surface area contributed by atoms with Gasteiger partial charge in [-0.1, -0.05) is 0 Å². The van der Waals surface area contributed by atoms with Gasteiger partial charge in [0.2, 0.25) is 0 Å². The number of nitro benzene ring substituents is 1. The molecule has 106 valence electrons. The fourth-order valence-electron chi connectivity index (χ4n) is 1.03. The zero-order chi connectivity index (χ0) is 15.3. The highest BCUT2D eigenvalue weighted by atomic mass is 19.4. The number of halogens is 3. The number of nitro groups is 1. The summed E-state index contributed by atoms with van der Waals surface area (Å²) >= 11 is 0. The van der Waals surface area contributed by atoms with Crippen molar-refractivity contribution in [3.05, 3.63) is 46.3 Å². The van der Waals surface area contributed by atoms with Gasteiger partial charge < -0.3 is 5.11 Å². The molecule has 0 atom stereocenters. The third kappa shape index (κ3) is 3.86. The predicted molar refractivity (Wildman–Crippen MR) is 59.4 cm³/mol. The van der Waals surface area contributed by atoms with E-state index in [9.17, 15) is 28.1 Å². The minimum absolute atomic E-state index is 0.0232. The SMILES string of the molecule is O=C(/C(=C\O)N=Nc1ccc([N+](=O)[O-])cc1)C(F)(F)F. The van der Waals surface area contributed by atoms with Crippen molar-refractivity contribution < 1.29 is 28.0 Å². The fraction of sp³-hybridized carbons (Fsp3) is 0.100. The second-order valence-corrected chi connectivity index (χ2v) is 3.31. The number of benzene rings is 1. The highest BCUT2D eigenvalue weighted by molar-refractivity contribution is 5.98. The molecule has 0 fully saturated rings. The Labute approximate surface area is 109 Å². The Bertz CT molecular complexity index is 578. The molecule has 1 aromatic carbocycles. The van der Waals surface area contributed by atoms with E-state index in [0.29, 0.717) is 0 Å². The highest BCUT2D eigenvalue weighted by Crippen LogP contribution is 2.23. The van der Waals surface area contributed by atoms with E-state index in [4.69, 9.17) is 5.11 Å². The van der Waals surface area contributed by atoms with Crippen LogP contribution in [0.5, 0.6) is 0 Å². The lowest BCUT2D eigenvalue weighted by Crippen LogP contribution is -2.23. The number of ketones is 1. The van der Waals surface area contributed by atoms with E-state index >= 15 is 0 Å². The van der Waals surface area contributed by atoms with Crippen LogP contribution < -0.4 is 0 Å². The van der Waals surface area contributed by atoms with Crippen molar-refractivity contribution in [2.24, 2.45) is 10.2 Å². The number of nitrogens with zero attached hydrogens (tertiary/aromatic N) is 3. The van der Waals surface area contributed by atoms with Crippen LogP contribution in [0.15, 0.2) is 46.5 Å². The van der Waals surface area contributed by atoms with E-state index in [1.165, 1.54) is 0 Å². The van der Waals surface area contributed by atoms with Gasteiger partial charge in [0.15, 0.2) is 5.70 Å². The number of azo groups is 1. The van der Waals surface area contributed by atoms with Crippen LogP contribution in [0.4, 0.5) is 24.5 Å². The van der Waals surface area contributed by atoms with Gasteiger partial charge >= 0.3 is 6.18 Å². The minimum Gasteiger partial charge on any atom is -0.513 e. The Morgan fingerprint density at radius 1 is 1.30 bits per heavy atom. The number of Topliss-reactive ketones (excluding diaryl/α,β-unsaturated/α-hetero) is 1. The zero-order valence-corrected chi connectivity index (χ0v) is 9.53. The number of hydrogen-bond donors (Lipinski definition) is 1. The topological polar surface area (TPSA) is 105 Å².